The van der Waals surface area contributed by atoms with Crippen molar-refractivity contribution in [3.63, 3.8) is 0 Å². The van der Waals surface area contributed by atoms with Gasteiger partial charge in [0.15, 0.2) is 0 Å². The number of fused-ring (bicyclic) bond motifs is 1. The highest BCUT2D eigenvalue weighted by atomic mass is 19.4. The van der Waals surface area contributed by atoms with Gasteiger partial charge in [-0.1, -0.05) is 18.2 Å². The van der Waals surface area contributed by atoms with Gasteiger partial charge in [0.05, 0.1) is 22.2 Å². The summed E-state index contributed by atoms with van der Waals surface area (Å²) in [5.74, 6) is -1.45. The van der Waals surface area contributed by atoms with Crippen LogP contribution in [0.1, 0.15) is 15.9 Å². The van der Waals surface area contributed by atoms with E-state index in [2.05, 4.69) is 20.3 Å². The molecule has 2 heterocycles. The first-order chi connectivity index (χ1) is 17.2. The van der Waals surface area contributed by atoms with Crippen molar-refractivity contribution in [3.8, 4) is 17.1 Å². The molecule has 0 aliphatic heterocycles. The number of hydrogen-bond acceptors (Lipinski definition) is 4. The number of hydrogen-bond donors (Lipinski definition) is 2. The van der Waals surface area contributed by atoms with Gasteiger partial charge in [0.1, 0.15) is 5.82 Å². The fraction of sp³-hybridized carbons (Fsp3) is 0.0400. The molecule has 0 aliphatic rings. The Morgan fingerprint density at radius 3 is 2.36 bits per heavy atom. The highest BCUT2D eigenvalue weighted by Gasteiger charge is 2.35. The number of rotatable bonds is 4. The molecule has 11 heteroatoms. The number of benzene rings is 3. The van der Waals surface area contributed by atoms with Crippen LogP contribution in [0.15, 0.2) is 83.9 Å². The zero-order chi connectivity index (χ0) is 25.4. The minimum Gasteiger partial charge on any atom is -0.322 e. The quantitative estimate of drug-likeness (QED) is 0.337. The number of carbonyl (C=O) groups is 1. The number of halogens is 4. The summed E-state index contributed by atoms with van der Waals surface area (Å²) in [7, 11) is 0. The SMILES string of the molecule is O=C(Nc1ccc(F)cc1)c1cc(-c2cccc3c2[nH]c(=O)n3-c2ncccn2)ccc1C(F)(F)F. The second-order valence-electron chi connectivity index (χ2n) is 7.73. The van der Waals surface area contributed by atoms with E-state index in [1.54, 1.807) is 24.3 Å². The second kappa shape index (κ2) is 8.77. The third kappa shape index (κ3) is 4.22. The van der Waals surface area contributed by atoms with Crippen LogP contribution >= 0.6 is 0 Å². The lowest BCUT2D eigenvalue weighted by Crippen LogP contribution is -2.19. The number of para-hydroxylation sites is 1. The summed E-state index contributed by atoms with van der Waals surface area (Å²) in [5, 5.41) is 2.36. The molecule has 3 aromatic carbocycles. The summed E-state index contributed by atoms with van der Waals surface area (Å²) in [5.41, 5.74) is -0.781. The highest BCUT2D eigenvalue weighted by Crippen LogP contribution is 2.36. The maximum Gasteiger partial charge on any atom is 0.417 e. The molecule has 0 saturated heterocycles. The number of anilines is 1. The molecule has 0 fully saturated rings. The first-order valence-electron chi connectivity index (χ1n) is 10.5. The van der Waals surface area contributed by atoms with E-state index in [1.165, 1.54) is 35.2 Å². The summed E-state index contributed by atoms with van der Waals surface area (Å²) >= 11 is 0. The minimum atomic E-state index is -4.80. The third-order valence-corrected chi connectivity index (χ3v) is 5.45. The Bertz CT molecular complexity index is 1640. The first-order valence-corrected chi connectivity index (χ1v) is 10.5. The Morgan fingerprint density at radius 2 is 1.67 bits per heavy atom. The van der Waals surface area contributed by atoms with Crippen LogP contribution in [-0.4, -0.2) is 25.4 Å². The Balaban J connectivity index is 1.64. The number of carbonyl (C=O) groups excluding carboxylic acids is 1. The van der Waals surface area contributed by atoms with Crippen LogP contribution in [0.25, 0.3) is 28.1 Å². The molecule has 36 heavy (non-hydrogen) atoms. The number of nitrogens with zero attached hydrogens (tertiary/aromatic N) is 3. The highest BCUT2D eigenvalue weighted by molar-refractivity contribution is 6.06. The van der Waals surface area contributed by atoms with E-state index < -0.39 is 34.7 Å². The molecule has 0 radical (unpaired) electrons. The van der Waals surface area contributed by atoms with Gasteiger partial charge in [-0.25, -0.2) is 23.7 Å². The molecule has 180 valence electrons. The van der Waals surface area contributed by atoms with Gasteiger partial charge in [-0.3, -0.25) is 4.79 Å². The van der Waals surface area contributed by atoms with Crippen LogP contribution in [0, 0.1) is 5.82 Å². The molecular weight excluding hydrogens is 478 g/mol. The van der Waals surface area contributed by atoms with Crippen molar-refractivity contribution in [1.29, 1.82) is 0 Å². The zero-order valence-electron chi connectivity index (χ0n) is 18.2. The number of aromatic amines is 1. The van der Waals surface area contributed by atoms with Crippen LogP contribution in [0.3, 0.4) is 0 Å². The van der Waals surface area contributed by atoms with Crippen LogP contribution in [0.5, 0.6) is 0 Å². The van der Waals surface area contributed by atoms with Gasteiger partial charge in [-0.05, 0) is 54.1 Å². The van der Waals surface area contributed by atoms with Gasteiger partial charge < -0.3 is 10.3 Å². The largest absolute Gasteiger partial charge is 0.417 e. The summed E-state index contributed by atoms with van der Waals surface area (Å²) < 4.78 is 55.6. The van der Waals surface area contributed by atoms with E-state index in [9.17, 15) is 27.2 Å². The number of amides is 1. The number of alkyl halides is 3. The summed E-state index contributed by atoms with van der Waals surface area (Å²) in [4.78, 5) is 36.4. The van der Waals surface area contributed by atoms with Crippen molar-refractivity contribution in [2.45, 2.75) is 6.18 Å². The Labute approximate surface area is 200 Å². The van der Waals surface area contributed by atoms with Crippen LogP contribution in [-0.2, 0) is 6.18 Å². The van der Waals surface area contributed by atoms with Gasteiger partial charge in [0.25, 0.3) is 5.91 Å². The molecule has 0 unspecified atom stereocenters. The molecule has 0 atom stereocenters. The van der Waals surface area contributed by atoms with Crippen molar-refractivity contribution in [2.24, 2.45) is 0 Å². The maximum atomic E-state index is 13.7. The molecule has 5 rings (SSSR count). The summed E-state index contributed by atoms with van der Waals surface area (Å²) in [6.45, 7) is 0. The summed E-state index contributed by atoms with van der Waals surface area (Å²) in [6, 6.07) is 14.2. The lowest BCUT2D eigenvalue weighted by Gasteiger charge is -2.15. The standard InChI is InChI=1S/C25H15F4N5O2/c26-15-6-8-16(9-7-15)32-22(35)18-13-14(5-10-19(18)25(27,28)29)17-3-1-4-20-21(17)33-24(36)34(20)23-30-11-2-12-31-23/h1-13H,(H,32,35)(H,33,36). The van der Waals surface area contributed by atoms with Crippen molar-refractivity contribution in [3.05, 3.63) is 107 Å². The average Bonchev–Trinajstić information content (AvgIpc) is 3.20. The molecule has 0 spiro atoms. The van der Waals surface area contributed by atoms with Gasteiger partial charge in [0.2, 0.25) is 5.95 Å². The minimum absolute atomic E-state index is 0.123. The molecule has 2 N–H and O–H groups in total. The van der Waals surface area contributed by atoms with E-state index in [1.807, 2.05) is 0 Å². The third-order valence-electron chi connectivity index (χ3n) is 5.45. The smallest absolute Gasteiger partial charge is 0.322 e. The van der Waals surface area contributed by atoms with E-state index in [-0.39, 0.29) is 17.2 Å². The zero-order valence-corrected chi connectivity index (χ0v) is 18.2. The predicted octanol–water partition coefficient (Wildman–Crippen LogP) is 5.19. The average molecular weight is 493 g/mol. The number of aromatic nitrogens is 4. The Hall–Kier alpha value is -4.80. The molecule has 0 aliphatic carbocycles. The van der Waals surface area contributed by atoms with Crippen LogP contribution < -0.4 is 11.0 Å². The topological polar surface area (TPSA) is 92.7 Å². The van der Waals surface area contributed by atoms with Crippen LogP contribution in [0.2, 0.25) is 0 Å². The van der Waals surface area contributed by atoms with E-state index in [4.69, 9.17) is 0 Å². The van der Waals surface area contributed by atoms with E-state index in [0.29, 0.717) is 16.6 Å². The first kappa shape index (κ1) is 23.0. The number of imidazole rings is 1. The maximum absolute atomic E-state index is 13.7. The van der Waals surface area contributed by atoms with Crippen molar-refractivity contribution < 1.29 is 22.4 Å². The lowest BCUT2D eigenvalue weighted by atomic mass is 9.97. The molecule has 1 amide bonds. The Morgan fingerprint density at radius 1 is 0.944 bits per heavy atom. The van der Waals surface area contributed by atoms with Gasteiger partial charge in [0, 0.05) is 23.6 Å². The Kier molecular flexibility index (Phi) is 5.59. The molecule has 5 aromatic rings. The van der Waals surface area contributed by atoms with Crippen molar-refractivity contribution >= 4 is 22.6 Å². The normalized spacial score (nSPS) is 11.6. The van der Waals surface area contributed by atoms with E-state index >= 15 is 0 Å². The second-order valence-corrected chi connectivity index (χ2v) is 7.73. The van der Waals surface area contributed by atoms with Crippen molar-refractivity contribution in [1.82, 2.24) is 19.5 Å². The van der Waals surface area contributed by atoms with E-state index in [0.717, 1.165) is 24.3 Å². The van der Waals surface area contributed by atoms with Crippen molar-refractivity contribution in [2.75, 3.05) is 5.32 Å². The van der Waals surface area contributed by atoms with Gasteiger partial charge in [-0.15, -0.1) is 0 Å². The molecule has 2 aromatic heterocycles. The van der Waals surface area contributed by atoms with Crippen LogP contribution in [0.4, 0.5) is 23.2 Å². The summed E-state index contributed by atoms with van der Waals surface area (Å²) in [6.07, 6.45) is -1.86. The molecule has 0 saturated carbocycles. The van der Waals surface area contributed by atoms with Gasteiger partial charge >= 0.3 is 11.9 Å². The number of nitrogens with one attached hydrogen (secondary N) is 2. The predicted molar refractivity (Wildman–Crippen MR) is 124 cm³/mol. The molecular formula is C25H15F4N5O2. The van der Waals surface area contributed by atoms with Gasteiger partial charge in [-0.2, -0.15) is 13.2 Å². The monoisotopic (exact) mass is 493 g/mol. The molecule has 7 nitrogen and oxygen atoms in total. The number of H-pyrrole nitrogens is 1. The fourth-order valence-corrected chi connectivity index (χ4v) is 3.85. The fourth-order valence-electron chi connectivity index (χ4n) is 3.85. The lowest BCUT2D eigenvalue weighted by molar-refractivity contribution is -0.137. The molecule has 0 bridgehead atoms.